The number of hydrogen-bond acceptors (Lipinski definition) is 2. The molecular formula is C7H15N3O2. The normalized spacial score (nSPS) is 9.58. The lowest BCUT2D eigenvalue weighted by Crippen LogP contribution is -2.44. The van der Waals surface area contributed by atoms with Gasteiger partial charge in [-0.3, -0.25) is 10.2 Å². The lowest BCUT2D eigenvalue weighted by Gasteiger charge is -2.05. The van der Waals surface area contributed by atoms with Crippen molar-refractivity contribution in [1.29, 1.82) is 0 Å². The Morgan fingerprint density at radius 1 is 1.33 bits per heavy atom. The molecule has 0 aromatic rings. The highest BCUT2D eigenvalue weighted by Crippen LogP contribution is 2.01. The highest BCUT2D eigenvalue weighted by Gasteiger charge is 2.02. The van der Waals surface area contributed by atoms with E-state index in [4.69, 9.17) is 5.73 Å². The van der Waals surface area contributed by atoms with Crippen LogP contribution >= 0.6 is 0 Å². The summed E-state index contributed by atoms with van der Waals surface area (Å²) in [6, 6.07) is -0.757. The zero-order chi connectivity index (χ0) is 9.56. The highest BCUT2D eigenvalue weighted by atomic mass is 16.2. The largest absolute Gasteiger partial charge is 0.350 e. The van der Waals surface area contributed by atoms with Crippen LogP contribution in [0.15, 0.2) is 0 Å². The molecule has 0 unspecified atom stereocenters. The fraction of sp³-hybridized carbons (Fsp3) is 0.714. The minimum absolute atomic E-state index is 0.220. The summed E-state index contributed by atoms with van der Waals surface area (Å²) in [5.74, 6) is 0.256. The predicted molar refractivity (Wildman–Crippen MR) is 44.9 cm³/mol. The second-order valence-electron chi connectivity index (χ2n) is 2.97. The number of amides is 3. The molecule has 3 amide bonds. The van der Waals surface area contributed by atoms with Crippen LogP contribution in [-0.2, 0) is 4.79 Å². The Kier molecular flexibility index (Phi) is 4.83. The Morgan fingerprint density at radius 2 is 1.92 bits per heavy atom. The Balaban J connectivity index is 3.40. The molecule has 0 aliphatic rings. The van der Waals surface area contributed by atoms with Crippen LogP contribution in [0.3, 0.4) is 0 Å². The van der Waals surface area contributed by atoms with E-state index < -0.39 is 6.03 Å². The summed E-state index contributed by atoms with van der Waals surface area (Å²) in [6.45, 7) is 4.05. The number of rotatable bonds is 3. The molecule has 0 saturated heterocycles. The molecule has 12 heavy (non-hydrogen) atoms. The van der Waals surface area contributed by atoms with Gasteiger partial charge in [0.05, 0.1) is 0 Å². The molecule has 5 nitrogen and oxygen atoms in total. The number of primary amides is 1. The van der Waals surface area contributed by atoms with E-state index in [0.29, 0.717) is 12.3 Å². The lowest BCUT2D eigenvalue weighted by atomic mass is 10.1. The molecular weight excluding hydrogens is 158 g/mol. The monoisotopic (exact) mass is 173 g/mol. The average molecular weight is 173 g/mol. The Labute approximate surface area is 71.7 Å². The summed E-state index contributed by atoms with van der Waals surface area (Å²) in [4.78, 5) is 21.0. The second-order valence-corrected chi connectivity index (χ2v) is 2.97. The van der Waals surface area contributed by atoms with Gasteiger partial charge in [0.25, 0.3) is 0 Å². The molecule has 0 aliphatic carbocycles. The zero-order valence-electron chi connectivity index (χ0n) is 7.39. The number of hydrogen-bond donors (Lipinski definition) is 3. The molecule has 0 spiro atoms. The van der Waals surface area contributed by atoms with Crippen molar-refractivity contribution in [3.05, 3.63) is 0 Å². The molecule has 4 N–H and O–H groups in total. The maximum absolute atomic E-state index is 10.9. The first-order valence-corrected chi connectivity index (χ1v) is 3.86. The van der Waals surface area contributed by atoms with Crippen LogP contribution in [0.1, 0.15) is 26.7 Å². The molecule has 0 radical (unpaired) electrons. The van der Waals surface area contributed by atoms with Crippen LogP contribution in [0.2, 0.25) is 0 Å². The minimum atomic E-state index is -0.757. The van der Waals surface area contributed by atoms with Crippen molar-refractivity contribution in [1.82, 2.24) is 10.9 Å². The van der Waals surface area contributed by atoms with Crippen molar-refractivity contribution in [3.63, 3.8) is 0 Å². The third kappa shape index (κ3) is 6.85. The number of carbonyl (C=O) groups excluding carboxylic acids is 2. The minimum Gasteiger partial charge on any atom is -0.350 e. The molecule has 5 heteroatoms. The summed E-state index contributed by atoms with van der Waals surface area (Å²) in [7, 11) is 0. The second kappa shape index (κ2) is 5.40. The standard InChI is InChI=1S/C7H15N3O2/c1-5(2)3-4-6(11)9-10-7(8)12/h5H,3-4H2,1-2H3,(H,9,11)(H3,8,10,12). The maximum Gasteiger partial charge on any atom is 0.330 e. The summed E-state index contributed by atoms with van der Waals surface area (Å²) in [5.41, 5.74) is 8.91. The molecule has 0 aromatic heterocycles. The van der Waals surface area contributed by atoms with Crippen molar-refractivity contribution in [2.45, 2.75) is 26.7 Å². The van der Waals surface area contributed by atoms with Crippen molar-refractivity contribution < 1.29 is 9.59 Å². The van der Waals surface area contributed by atoms with E-state index in [1.54, 1.807) is 0 Å². The number of nitrogens with one attached hydrogen (secondary N) is 2. The fourth-order valence-electron chi connectivity index (χ4n) is 0.614. The first-order chi connectivity index (χ1) is 5.52. The number of hydrazine groups is 1. The molecule has 0 fully saturated rings. The SMILES string of the molecule is CC(C)CCC(=O)NNC(N)=O. The van der Waals surface area contributed by atoms with E-state index in [2.05, 4.69) is 5.43 Å². The maximum atomic E-state index is 10.9. The Hall–Kier alpha value is -1.26. The van der Waals surface area contributed by atoms with Crippen molar-refractivity contribution in [3.8, 4) is 0 Å². The number of nitrogens with two attached hydrogens (primary N) is 1. The van der Waals surface area contributed by atoms with E-state index in [1.807, 2.05) is 19.3 Å². The van der Waals surface area contributed by atoms with E-state index in [9.17, 15) is 9.59 Å². The number of carbonyl (C=O) groups is 2. The van der Waals surface area contributed by atoms with Crippen molar-refractivity contribution in [2.24, 2.45) is 11.7 Å². The van der Waals surface area contributed by atoms with Gasteiger partial charge in [-0.05, 0) is 12.3 Å². The van der Waals surface area contributed by atoms with E-state index >= 15 is 0 Å². The van der Waals surface area contributed by atoms with E-state index in [0.717, 1.165) is 6.42 Å². The Morgan fingerprint density at radius 3 is 2.33 bits per heavy atom. The van der Waals surface area contributed by atoms with Gasteiger partial charge in [0.15, 0.2) is 0 Å². The fourth-order valence-corrected chi connectivity index (χ4v) is 0.614. The van der Waals surface area contributed by atoms with Crippen LogP contribution in [0, 0.1) is 5.92 Å². The van der Waals surface area contributed by atoms with Gasteiger partial charge in [-0.25, -0.2) is 10.2 Å². The average Bonchev–Trinajstić information content (AvgIpc) is 1.96. The number of urea groups is 1. The molecule has 0 rings (SSSR count). The summed E-state index contributed by atoms with van der Waals surface area (Å²) in [6.07, 6.45) is 1.20. The molecule has 0 bridgehead atoms. The highest BCUT2D eigenvalue weighted by molar-refractivity contribution is 5.80. The van der Waals surface area contributed by atoms with Gasteiger partial charge >= 0.3 is 6.03 Å². The quantitative estimate of drug-likeness (QED) is 0.530. The summed E-state index contributed by atoms with van der Waals surface area (Å²) >= 11 is 0. The third-order valence-electron chi connectivity index (χ3n) is 1.27. The molecule has 0 aliphatic heterocycles. The topological polar surface area (TPSA) is 84.2 Å². The van der Waals surface area contributed by atoms with Crippen LogP contribution < -0.4 is 16.6 Å². The third-order valence-corrected chi connectivity index (χ3v) is 1.27. The first-order valence-electron chi connectivity index (χ1n) is 3.86. The van der Waals surface area contributed by atoms with Gasteiger partial charge in [-0.2, -0.15) is 0 Å². The Bertz CT molecular complexity index is 168. The van der Waals surface area contributed by atoms with Gasteiger partial charge in [0, 0.05) is 6.42 Å². The van der Waals surface area contributed by atoms with Crippen LogP contribution in [0.25, 0.3) is 0 Å². The van der Waals surface area contributed by atoms with Gasteiger partial charge in [-0.1, -0.05) is 13.8 Å². The lowest BCUT2D eigenvalue weighted by molar-refractivity contribution is -0.122. The van der Waals surface area contributed by atoms with Gasteiger partial charge in [0.2, 0.25) is 5.91 Å². The van der Waals surface area contributed by atoms with Crippen LogP contribution in [-0.4, -0.2) is 11.9 Å². The zero-order valence-corrected chi connectivity index (χ0v) is 7.39. The van der Waals surface area contributed by atoms with Crippen molar-refractivity contribution >= 4 is 11.9 Å². The molecule has 0 atom stereocenters. The smallest absolute Gasteiger partial charge is 0.330 e. The van der Waals surface area contributed by atoms with Gasteiger partial charge in [0.1, 0.15) is 0 Å². The van der Waals surface area contributed by atoms with E-state index in [1.165, 1.54) is 0 Å². The predicted octanol–water partition coefficient (Wildman–Crippen LogP) is 0.122. The first kappa shape index (κ1) is 10.7. The van der Waals surface area contributed by atoms with Gasteiger partial charge < -0.3 is 5.73 Å². The molecule has 70 valence electrons. The van der Waals surface area contributed by atoms with E-state index in [-0.39, 0.29) is 5.91 Å². The van der Waals surface area contributed by atoms with Gasteiger partial charge in [-0.15, -0.1) is 0 Å². The molecule has 0 saturated carbocycles. The summed E-state index contributed by atoms with van der Waals surface area (Å²) < 4.78 is 0. The molecule has 0 heterocycles. The van der Waals surface area contributed by atoms with Crippen LogP contribution in [0.5, 0.6) is 0 Å². The van der Waals surface area contributed by atoms with Crippen LogP contribution in [0.4, 0.5) is 4.79 Å². The van der Waals surface area contributed by atoms with Crippen molar-refractivity contribution in [2.75, 3.05) is 0 Å². The summed E-state index contributed by atoms with van der Waals surface area (Å²) in [5, 5.41) is 0. The molecule has 0 aromatic carbocycles.